The van der Waals surface area contributed by atoms with Crippen LogP contribution in [0.3, 0.4) is 0 Å². The summed E-state index contributed by atoms with van der Waals surface area (Å²) < 4.78 is 25.8. The number of halogens is 1. The normalized spacial score (nSPS) is 12.3. The average Bonchev–Trinajstić information content (AvgIpc) is 2.69. The molecule has 144 valence electrons. The van der Waals surface area contributed by atoms with Crippen LogP contribution >= 0.6 is 15.9 Å². The standard InChI is InChI=1S/C21H19BrN2O3S/c22-19-8-6-16(7-9-19)14-28(26,27)15-20(25)24-21(17-4-2-1-3-5-17)18-10-12-23-13-11-18/h1-13,21H,14-15H2,(H,24,25). The van der Waals surface area contributed by atoms with Gasteiger partial charge < -0.3 is 5.32 Å². The van der Waals surface area contributed by atoms with E-state index in [4.69, 9.17) is 0 Å². The van der Waals surface area contributed by atoms with Crippen molar-refractivity contribution in [3.8, 4) is 0 Å². The summed E-state index contributed by atoms with van der Waals surface area (Å²) in [6.07, 6.45) is 3.28. The first-order chi connectivity index (χ1) is 13.4. The lowest BCUT2D eigenvalue weighted by Gasteiger charge is -2.19. The second-order valence-corrected chi connectivity index (χ2v) is 9.33. The first-order valence-electron chi connectivity index (χ1n) is 8.62. The zero-order valence-corrected chi connectivity index (χ0v) is 17.4. The number of nitrogens with zero attached hydrogens (tertiary/aromatic N) is 1. The van der Waals surface area contributed by atoms with Gasteiger partial charge in [-0.3, -0.25) is 9.78 Å². The molecule has 1 N–H and O–H groups in total. The van der Waals surface area contributed by atoms with Crippen LogP contribution in [0.2, 0.25) is 0 Å². The topological polar surface area (TPSA) is 76.1 Å². The summed E-state index contributed by atoms with van der Waals surface area (Å²) >= 11 is 3.32. The van der Waals surface area contributed by atoms with Crippen LogP contribution in [0.25, 0.3) is 0 Å². The van der Waals surface area contributed by atoms with E-state index in [-0.39, 0.29) is 5.75 Å². The summed E-state index contributed by atoms with van der Waals surface area (Å²) in [5.74, 6) is -1.29. The number of sulfone groups is 1. The van der Waals surface area contributed by atoms with Crippen molar-refractivity contribution in [2.75, 3.05) is 5.75 Å². The van der Waals surface area contributed by atoms with Crippen LogP contribution in [0.5, 0.6) is 0 Å². The Kier molecular flexibility index (Phi) is 6.59. The minimum absolute atomic E-state index is 0.182. The van der Waals surface area contributed by atoms with Gasteiger partial charge in [-0.05, 0) is 41.0 Å². The molecule has 5 nitrogen and oxygen atoms in total. The summed E-state index contributed by atoms with van der Waals surface area (Å²) in [5.41, 5.74) is 2.34. The zero-order chi connectivity index (χ0) is 20.0. The number of carbonyl (C=O) groups is 1. The Morgan fingerprint density at radius 2 is 1.54 bits per heavy atom. The van der Waals surface area contributed by atoms with Gasteiger partial charge in [-0.2, -0.15) is 0 Å². The Morgan fingerprint density at radius 3 is 2.18 bits per heavy atom. The van der Waals surface area contributed by atoms with E-state index in [1.807, 2.05) is 30.3 Å². The van der Waals surface area contributed by atoms with Gasteiger partial charge in [-0.25, -0.2) is 8.42 Å². The van der Waals surface area contributed by atoms with Crippen LogP contribution < -0.4 is 5.32 Å². The molecule has 28 heavy (non-hydrogen) atoms. The Hall–Kier alpha value is -2.51. The van der Waals surface area contributed by atoms with Gasteiger partial charge in [0.25, 0.3) is 0 Å². The van der Waals surface area contributed by atoms with Gasteiger partial charge in [0.1, 0.15) is 5.75 Å². The maximum Gasteiger partial charge on any atom is 0.235 e. The molecule has 0 aliphatic carbocycles. The van der Waals surface area contributed by atoms with Crippen molar-refractivity contribution in [2.45, 2.75) is 11.8 Å². The summed E-state index contributed by atoms with van der Waals surface area (Å²) in [6, 6.07) is 19.6. The SMILES string of the molecule is O=C(CS(=O)(=O)Cc1ccc(Br)cc1)NC(c1ccccc1)c1ccncc1. The predicted octanol–water partition coefficient (Wildman–Crippen LogP) is 3.66. The van der Waals surface area contributed by atoms with Gasteiger partial charge in [-0.1, -0.05) is 58.4 Å². The highest BCUT2D eigenvalue weighted by molar-refractivity contribution is 9.10. The maximum atomic E-state index is 12.5. The van der Waals surface area contributed by atoms with E-state index in [9.17, 15) is 13.2 Å². The lowest BCUT2D eigenvalue weighted by molar-refractivity contribution is -0.119. The molecule has 0 aliphatic rings. The monoisotopic (exact) mass is 458 g/mol. The maximum absolute atomic E-state index is 12.5. The van der Waals surface area contributed by atoms with E-state index in [0.717, 1.165) is 15.6 Å². The van der Waals surface area contributed by atoms with E-state index < -0.39 is 27.5 Å². The number of nitrogens with one attached hydrogen (secondary N) is 1. The Labute approximate surface area is 172 Å². The Bertz CT molecular complexity index is 985. The molecule has 3 rings (SSSR count). The number of hydrogen-bond acceptors (Lipinski definition) is 4. The molecule has 0 saturated heterocycles. The molecule has 0 aliphatic heterocycles. The third-order valence-electron chi connectivity index (χ3n) is 4.13. The average molecular weight is 459 g/mol. The van der Waals surface area contributed by atoms with Crippen molar-refractivity contribution in [1.29, 1.82) is 0 Å². The van der Waals surface area contributed by atoms with Crippen molar-refractivity contribution in [3.63, 3.8) is 0 Å². The van der Waals surface area contributed by atoms with Crippen LogP contribution in [0.4, 0.5) is 0 Å². The van der Waals surface area contributed by atoms with E-state index in [1.54, 1.807) is 48.8 Å². The lowest BCUT2D eigenvalue weighted by Crippen LogP contribution is -2.34. The van der Waals surface area contributed by atoms with Crippen LogP contribution in [0, 0.1) is 0 Å². The molecule has 2 aromatic carbocycles. The van der Waals surface area contributed by atoms with Crippen LogP contribution in [0.15, 0.2) is 83.6 Å². The molecule has 1 heterocycles. The molecule has 1 atom stereocenters. The van der Waals surface area contributed by atoms with E-state index in [1.165, 1.54) is 0 Å². The highest BCUT2D eigenvalue weighted by Crippen LogP contribution is 2.21. The van der Waals surface area contributed by atoms with Crippen molar-refractivity contribution in [1.82, 2.24) is 10.3 Å². The third-order valence-corrected chi connectivity index (χ3v) is 6.13. The van der Waals surface area contributed by atoms with Crippen LogP contribution in [0.1, 0.15) is 22.7 Å². The highest BCUT2D eigenvalue weighted by atomic mass is 79.9. The van der Waals surface area contributed by atoms with E-state index >= 15 is 0 Å². The second-order valence-electron chi connectivity index (χ2n) is 6.35. The molecular formula is C21H19BrN2O3S. The quantitative estimate of drug-likeness (QED) is 0.585. The van der Waals surface area contributed by atoms with Gasteiger partial charge in [0.05, 0.1) is 11.8 Å². The largest absolute Gasteiger partial charge is 0.344 e. The third kappa shape index (κ3) is 5.74. The van der Waals surface area contributed by atoms with Gasteiger partial charge in [0, 0.05) is 16.9 Å². The lowest BCUT2D eigenvalue weighted by atomic mass is 10.00. The molecule has 0 bridgehead atoms. The van der Waals surface area contributed by atoms with E-state index in [2.05, 4.69) is 26.2 Å². The Morgan fingerprint density at radius 1 is 0.929 bits per heavy atom. The minimum Gasteiger partial charge on any atom is -0.344 e. The van der Waals surface area contributed by atoms with Crippen molar-refractivity contribution < 1.29 is 13.2 Å². The molecule has 0 fully saturated rings. The first-order valence-corrected chi connectivity index (χ1v) is 11.2. The molecule has 7 heteroatoms. The number of carbonyl (C=O) groups excluding carboxylic acids is 1. The first kappa shape index (κ1) is 20.2. The fraction of sp³-hybridized carbons (Fsp3) is 0.143. The summed E-state index contributed by atoms with van der Waals surface area (Å²) in [6.45, 7) is 0. The fourth-order valence-corrected chi connectivity index (χ4v) is 4.40. The summed E-state index contributed by atoms with van der Waals surface area (Å²) in [7, 11) is -3.60. The number of amides is 1. The Balaban J connectivity index is 1.74. The molecule has 1 aromatic heterocycles. The van der Waals surface area contributed by atoms with Crippen molar-refractivity contribution in [2.24, 2.45) is 0 Å². The summed E-state index contributed by atoms with van der Waals surface area (Å²) in [5, 5.41) is 2.85. The van der Waals surface area contributed by atoms with Gasteiger partial charge in [0.15, 0.2) is 9.84 Å². The molecule has 0 radical (unpaired) electrons. The number of aromatic nitrogens is 1. The molecule has 1 amide bonds. The second kappa shape index (κ2) is 9.12. The highest BCUT2D eigenvalue weighted by Gasteiger charge is 2.22. The van der Waals surface area contributed by atoms with Gasteiger partial charge >= 0.3 is 0 Å². The minimum atomic E-state index is -3.60. The van der Waals surface area contributed by atoms with Gasteiger partial charge in [0.2, 0.25) is 5.91 Å². The van der Waals surface area contributed by atoms with Crippen LogP contribution in [-0.2, 0) is 20.4 Å². The summed E-state index contributed by atoms with van der Waals surface area (Å²) in [4.78, 5) is 16.5. The number of rotatable bonds is 7. The molecule has 0 spiro atoms. The zero-order valence-electron chi connectivity index (χ0n) is 15.0. The smallest absolute Gasteiger partial charge is 0.235 e. The molecule has 1 unspecified atom stereocenters. The van der Waals surface area contributed by atoms with E-state index in [0.29, 0.717) is 5.56 Å². The predicted molar refractivity (Wildman–Crippen MR) is 112 cm³/mol. The van der Waals surface area contributed by atoms with Crippen molar-refractivity contribution in [3.05, 3.63) is 100 Å². The number of hydrogen-bond donors (Lipinski definition) is 1. The van der Waals surface area contributed by atoms with Crippen molar-refractivity contribution >= 4 is 31.7 Å². The number of benzene rings is 2. The number of pyridine rings is 1. The molecular weight excluding hydrogens is 440 g/mol. The van der Waals surface area contributed by atoms with Crippen LogP contribution in [-0.4, -0.2) is 25.1 Å². The molecule has 3 aromatic rings. The van der Waals surface area contributed by atoms with Gasteiger partial charge in [-0.15, -0.1) is 0 Å². The fourth-order valence-electron chi connectivity index (χ4n) is 2.85. The molecule has 0 saturated carbocycles.